The van der Waals surface area contributed by atoms with Crippen LogP contribution in [-0.2, 0) is 5.60 Å². The Morgan fingerprint density at radius 2 is 1.45 bits per heavy atom. The first-order valence-corrected chi connectivity index (χ1v) is 13.6. The van der Waals surface area contributed by atoms with Gasteiger partial charge in [-0.2, -0.15) is 18.4 Å². The number of hydrogen-bond donors (Lipinski definition) is 3. The number of alkyl halides is 3. The van der Waals surface area contributed by atoms with Crippen LogP contribution >= 0.6 is 39.1 Å². The Morgan fingerprint density at radius 3 is 2.02 bits per heavy atom. The number of aryl methyl sites for hydroxylation is 1. The summed E-state index contributed by atoms with van der Waals surface area (Å²) in [6.45, 7) is 1.47. The van der Waals surface area contributed by atoms with Crippen molar-refractivity contribution in [2.45, 2.75) is 18.7 Å². The summed E-state index contributed by atoms with van der Waals surface area (Å²) in [5.41, 5.74) is -2.99. The van der Waals surface area contributed by atoms with E-state index in [1.54, 1.807) is 12.1 Å². The van der Waals surface area contributed by atoms with Crippen LogP contribution in [0.1, 0.15) is 43.0 Å². The molecule has 4 aromatic rings. The molecular weight excluding hydrogens is 658 g/mol. The molecule has 0 spiro atoms. The molecule has 1 atom stereocenters. The number of rotatable bonds is 6. The van der Waals surface area contributed by atoms with Gasteiger partial charge in [0, 0.05) is 36.9 Å². The minimum atomic E-state index is -5.15. The van der Waals surface area contributed by atoms with E-state index in [0.29, 0.717) is 16.8 Å². The lowest BCUT2D eigenvalue weighted by molar-refractivity contribution is -0.248. The summed E-state index contributed by atoms with van der Waals surface area (Å²) in [6.07, 6.45) is -5.15. The number of aliphatic hydroxyl groups is 1. The Morgan fingerprint density at radius 1 is 0.857 bits per heavy atom. The Bertz CT molecular complexity index is 1700. The van der Waals surface area contributed by atoms with Crippen molar-refractivity contribution in [2.24, 2.45) is 0 Å². The second-order valence-electron chi connectivity index (χ2n) is 9.19. The third-order valence-corrected chi connectivity index (χ3v) is 7.35. The minimum absolute atomic E-state index is 0.0759. The van der Waals surface area contributed by atoms with Gasteiger partial charge in [0.15, 0.2) is 0 Å². The number of nitriles is 1. The lowest BCUT2D eigenvalue weighted by Crippen LogP contribution is -2.43. The summed E-state index contributed by atoms with van der Waals surface area (Å²) in [5.74, 6) is -1.06. The van der Waals surface area contributed by atoms with E-state index in [2.05, 4.69) is 26.6 Å². The lowest BCUT2D eigenvalue weighted by Gasteiger charge is -2.32. The zero-order valence-electron chi connectivity index (χ0n) is 21.5. The fraction of sp³-hybridized carbons (Fsp3) is 0.100. The van der Waals surface area contributed by atoms with Crippen LogP contribution in [0.2, 0.25) is 10.0 Å². The van der Waals surface area contributed by atoms with Gasteiger partial charge in [-0.05, 0) is 101 Å². The fourth-order valence-electron chi connectivity index (χ4n) is 4.19. The molecule has 1 unspecified atom stereocenters. The molecule has 3 N–H and O–H groups in total. The van der Waals surface area contributed by atoms with Crippen molar-refractivity contribution in [2.75, 3.05) is 10.6 Å². The van der Waals surface area contributed by atoms with Crippen molar-refractivity contribution >= 4 is 62.3 Å². The molecule has 0 aromatic heterocycles. The molecule has 0 aliphatic rings. The number of benzene rings is 4. The van der Waals surface area contributed by atoms with E-state index in [4.69, 9.17) is 28.5 Å². The van der Waals surface area contributed by atoms with Gasteiger partial charge in [-0.15, -0.1) is 0 Å². The van der Waals surface area contributed by atoms with Crippen LogP contribution in [0, 0.1) is 18.3 Å². The molecule has 0 bridgehead atoms. The summed E-state index contributed by atoms with van der Waals surface area (Å²) < 4.78 is 43.1. The number of carbonyl (C=O) groups is 2. The van der Waals surface area contributed by atoms with Gasteiger partial charge in [-0.3, -0.25) is 9.59 Å². The lowest BCUT2D eigenvalue weighted by atomic mass is 9.84. The van der Waals surface area contributed by atoms with Gasteiger partial charge in [-0.25, -0.2) is 0 Å². The standard InChI is InChI=1S/C30H19BrCl2F3N3O3/c1-16-9-20(29(42,30(34,35)36)21-11-22(32)14-23(33)12-21)13-25(31)26(16)39-28(41)19-3-2-4-24(10-19)38-27(40)18-7-5-17(15-37)6-8-18/h2-14,42H,1H3,(H,38,40)(H,39,41). The van der Waals surface area contributed by atoms with Gasteiger partial charge >= 0.3 is 6.18 Å². The maximum absolute atomic E-state index is 14.3. The number of nitrogens with zero attached hydrogens (tertiary/aromatic N) is 1. The maximum atomic E-state index is 14.3. The molecule has 2 amide bonds. The first-order chi connectivity index (χ1) is 19.7. The number of anilines is 2. The Kier molecular flexibility index (Phi) is 8.99. The topological polar surface area (TPSA) is 102 Å². The monoisotopic (exact) mass is 675 g/mol. The fourth-order valence-corrected chi connectivity index (χ4v) is 5.38. The molecule has 214 valence electrons. The van der Waals surface area contributed by atoms with E-state index in [9.17, 15) is 27.9 Å². The summed E-state index contributed by atoms with van der Waals surface area (Å²) in [7, 11) is 0. The number of nitrogens with one attached hydrogen (secondary N) is 2. The second kappa shape index (κ2) is 12.2. The Labute approximate surface area is 256 Å². The molecule has 0 radical (unpaired) electrons. The second-order valence-corrected chi connectivity index (χ2v) is 10.9. The van der Waals surface area contributed by atoms with Crippen LogP contribution in [-0.4, -0.2) is 23.1 Å². The van der Waals surface area contributed by atoms with E-state index < -0.39 is 34.7 Å². The van der Waals surface area contributed by atoms with Gasteiger partial charge in [-0.1, -0.05) is 35.3 Å². The molecule has 6 nitrogen and oxygen atoms in total. The highest BCUT2D eigenvalue weighted by atomic mass is 79.9. The highest BCUT2D eigenvalue weighted by Crippen LogP contribution is 2.47. The summed E-state index contributed by atoms with van der Waals surface area (Å²) >= 11 is 15.1. The van der Waals surface area contributed by atoms with Crippen LogP contribution < -0.4 is 10.6 Å². The van der Waals surface area contributed by atoms with Crippen molar-refractivity contribution < 1.29 is 27.9 Å². The Balaban J connectivity index is 1.60. The van der Waals surface area contributed by atoms with E-state index in [1.807, 2.05) is 6.07 Å². The van der Waals surface area contributed by atoms with Gasteiger partial charge in [0.25, 0.3) is 11.8 Å². The molecule has 0 saturated carbocycles. The molecule has 0 aliphatic carbocycles. The average Bonchev–Trinajstić information content (AvgIpc) is 2.93. The van der Waals surface area contributed by atoms with Gasteiger partial charge in [0.1, 0.15) is 0 Å². The quantitative estimate of drug-likeness (QED) is 0.191. The molecule has 4 rings (SSSR count). The molecule has 0 aliphatic heterocycles. The maximum Gasteiger partial charge on any atom is 0.425 e. The third kappa shape index (κ3) is 6.45. The van der Waals surface area contributed by atoms with Crippen molar-refractivity contribution in [1.29, 1.82) is 5.26 Å². The van der Waals surface area contributed by atoms with Crippen LogP contribution in [0.3, 0.4) is 0 Å². The van der Waals surface area contributed by atoms with Crippen LogP contribution in [0.4, 0.5) is 24.5 Å². The first kappa shape index (κ1) is 31.1. The molecular formula is C30H19BrCl2F3N3O3. The highest BCUT2D eigenvalue weighted by Gasteiger charge is 2.56. The van der Waals surface area contributed by atoms with Gasteiger partial charge in [0.2, 0.25) is 5.60 Å². The Hall–Kier alpha value is -3.88. The number of halogens is 6. The van der Waals surface area contributed by atoms with Crippen LogP contribution in [0.5, 0.6) is 0 Å². The molecule has 42 heavy (non-hydrogen) atoms. The zero-order chi connectivity index (χ0) is 30.8. The summed E-state index contributed by atoms with van der Waals surface area (Å²) in [6, 6.07) is 19.4. The van der Waals surface area contributed by atoms with Gasteiger partial charge in [0.05, 0.1) is 17.3 Å². The van der Waals surface area contributed by atoms with Crippen molar-refractivity contribution in [3.05, 3.63) is 127 Å². The largest absolute Gasteiger partial charge is 0.425 e. The minimum Gasteiger partial charge on any atom is -0.372 e. The number of hydrogen-bond acceptors (Lipinski definition) is 4. The van der Waals surface area contributed by atoms with E-state index >= 15 is 0 Å². The molecule has 4 aromatic carbocycles. The summed E-state index contributed by atoms with van der Waals surface area (Å²) in [5, 5.41) is 25.1. The van der Waals surface area contributed by atoms with Crippen LogP contribution in [0.25, 0.3) is 0 Å². The van der Waals surface area contributed by atoms with Crippen molar-refractivity contribution in [1.82, 2.24) is 0 Å². The molecule has 0 heterocycles. The van der Waals surface area contributed by atoms with Crippen molar-refractivity contribution in [3.63, 3.8) is 0 Å². The predicted octanol–water partition coefficient (Wildman–Crippen LogP) is 8.24. The van der Waals surface area contributed by atoms with E-state index in [1.165, 1.54) is 49.4 Å². The molecule has 12 heteroatoms. The third-order valence-electron chi connectivity index (χ3n) is 6.29. The zero-order valence-corrected chi connectivity index (χ0v) is 24.6. The predicted molar refractivity (Wildman–Crippen MR) is 158 cm³/mol. The smallest absolute Gasteiger partial charge is 0.372 e. The molecule has 0 saturated heterocycles. The van der Waals surface area contributed by atoms with E-state index in [-0.39, 0.29) is 31.3 Å². The normalized spacial score (nSPS) is 12.6. The van der Waals surface area contributed by atoms with Gasteiger partial charge < -0.3 is 15.7 Å². The van der Waals surface area contributed by atoms with Crippen LogP contribution in [0.15, 0.2) is 83.3 Å². The SMILES string of the molecule is Cc1cc(C(O)(c2cc(Cl)cc(Cl)c2)C(F)(F)F)cc(Br)c1NC(=O)c1cccc(NC(=O)c2ccc(C#N)cc2)c1. The highest BCUT2D eigenvalue weighted by molar-refractivity contribution is 9.10. The number of carbonyl (C=O) groups excluding carboxylic acids is 2. The summed E-state index contributed by atoms with van der Waals surface area (Å²) in [4.78, 5) is 25.7. The van der Waals surface area contributed by atoms with E-state index in [0.717, 1.165) is 24.3 Å². The van der Waals surface area contributed by atoms with Crippen molar-refractivity contribution in [3.8, 4) is 6.07 Å². The molecule has 0 fully saturated rings. The average molecular weight is 677 g/mol. The first-order valence-electron chi connectivity index (χ1n) is 12.0. The number of amides is 2.